The van der Waals surface area contributed by atoms with Crippen LogP contribution in [0.3, 0.4) is 0 Å². The van der Waals surface area contributed by atoms with Crippen molar-refractivity contribution in [3.05, 3.63) is 10.6 Å². The van der Waals surface area contributed by atoms with Crippen molar-refractivity contribution >= 4 is 21.9 Å². The SMILES string of the molecule is CO[C@]1(C)O[C@@H]2[C@@H](O[C@@]1(C)OC)[C@@H](O)C(Br)=C[C@H]2OC(C)=O. The summed E-state index contributed by atoms with van der Waals surface area (Å²) in [7, 11) is 2.93. The molecule has 1 fully saturated rings. The monoisotopic (exact) mass is 380 g/mol. The highest BCUT2D eigenvalue weighted by Crippen LogP contribution is 2.44. The van der Waals surface area contributed by atoms with Crippen molar-refractivity contribution in [2.75, 3.05) is 14.2 Å². The first-order valence-electron chi connectivity index (χ1n) is 6.86. The van der Waals surface area contributed by atoms with Crippen molar-refractivity contribution in [1.29, 1.82) is 0 Å². The van der Waals surface area contributed by atoms with E-state index in [4.69, 9.17) is 23.7 Å². The molecule has 22 heavy (non-hydrogen) atoms. The third kappa shape index (κ3) is 2.83. The smallest absolute Gasteiger partial charge is 0.303 e. The summed E-state index contributed by atoms with van der Waals surface area (Å²) in [5.41, 5.74) is 0. The second-order valence-electron chi connectivity index (χ2n) is 5.54. The maximum Gasteiger partial charge on any atom is 0.303 e. The highest BCUT2D eigenvalue weighted by molar-refractivity contribution is 9.11. The Kier molecular flexibility index (Phi) is 5.01. The molecule has 1 N–H and O–H groups in total. The van der Waals surface area contributed by atoms with E-state index >= 15 is 0 Å². The average Bonchev–Trinajstić information content (AvgIpc) is 2.46. The van der Waals surface area contributed by atoms with E-state index in [9.17, 15) is 9.90 Å². The number of methoxy groups -OCH3 is 2. The average molecular weight is 381 g/mol. The van der Waals surface area contributed by atoms with Gasteiger partial charge in [0.05, 0.1) is 0 Å². The summed E-state index contributed by atoms with van der Waals surface area (Å²) in [6.45, 7) is 4.63. The molecule has 0 aromatic carbocycles. The van der Waals surface area contributed by atoms with Crippen LogP contribution in [0.5, 0.6) is 0 Å². The Morgan fingerprint density at radius 3 is 2.18 bits per heavy atom. The number of carbonyl (C=O) groups excluding carboxylic acids is 1. The molecule has 0 amide bonds. The molecule has 0 spiro atoms. The lowest BCUT2D eigenvalue weighted by Crippen LogP contribution is -2.70. The van der Waals surface area contributed by atoms with Gasteiger partial charge in [-0.1, -0.05) is 15.9 Å². The van der Waals surface area contributed by atoms with Gasteiger partial charge in [0, 0.05) is 25.6 Å². The van der Waals surface area contributed by atoms with Gasteiger partial charge in [0.2, 0.25) is 11.6 Å². The number of esters is 1. The Hall–Kier alpha value is -0.510. The number of ether oxygens (including phenoxy) is 5. The van der Waals surface area contributed by atoms with Crippen LogP contribution in [0.4, 0.5) is 0 Å². The molecule has 2 rings (SSSR count). The van der Waals surface area contributed by atoms with Crippen LogP contribution in [-0.2, 0) is 28.5 Å². The van der Waals surface area contributed by atoms with Gasteiger partial charge in [0.15, 0.2) is 0 Å². The topological polar surface area (TPSA) is 83.5 Å². The van der Waals surface area contributed by atoms with E-state index in [2.05, 4.69) is 15.9 Å². The number of carbonyl (C=O) groups is 1. The molecule has 0 saturated carbocycles. The molecule has 0 bridgehead atoms. The van der Waals surface area contributed by atoms with Crippen molar-refractivity contribution in [3.8, 4) is 0 Å². The molecule has 8 heteroatoms. The van der Waals surface area contributed by atoms with Crippen molar-refractivity contribution < 1.29 is 33.6 Å². The van der Waals surface area contributed by atoms with Gasteiger partial charge in [-0.25, -0.2) is 0 Å². The maximum atomic E-state index is 11.3. The van der Waals surface area contributed by atoms with Gasteiger partial charge in [-0.05, 0) is 19.9 Å². The van der Waals surface area contributed by atoms with E-state index in [1.807, 2.05) is 0 Å². The second kappa shape index (κ2) is 6.18. The molecule has 2 aliphatic rings. The number of halogens is 1. The fourth-order valence-electron chi connectivity index (χ4n) is 2.63. The van der Waals surface area contributed by atoms with Crippen LogP contribution in [0.2, 0.25) is 0 Å². The Labute approximate surface area is 137 Å². The van der Waals surface area contributed by atoms with E-state index in [0.717, 1.165) is 0 Å². The third-order valence-corrected chi connectivity index (χ3v) is 4.93. The van der Waals surface area contributed by atoms with Crippen LogP contribution in [0, 0.1) is 0 Å². The number of hydrogen-bond acceptors (Lipinski definition) is 7. The highest BCUT2D eigenvalue weighted by Gasteiger charge is 2.60. The summed E-state index contributed by atoms with van der Waals surface area (Å²) >= 11 is 3.26. The zero-order valence-electron chi connectivity index (χ0n) is 13.2. The molecule has 0 unspecified atom stereocenters. The van der Waals surface area contributed by atoms with E-state index in [-0.39, 0.29) is 0 Å². The molecule has 1 saturated heterocycles. The van der Waals surface area contributed by atoms with Crippen LogP contribution in [0.15, 0.2) is 10.6 Å². The summed E-state index contributed by atoms with van der Waals surface area (Å²) in [5, 5.41) is 10.3. The van der Waals surface area contributed by atoms with Crippen LogP contribution in [0.1, 0.15) is 20.8 Å². The van der Waals surface area contributed by atoms with Gasteiger partial charge in [-0.2, -0.15) is 0 Å². The van der Waals surface area contributed by atoms with Crippen LogP contribution in [-0.4, -0.2) is 61.3 Å². The van der Waals surface area contributed by atoms with Crippen molar-refractivity contribution in [2.45, 2.75) is 56.8 Å². The maximum absolute atomic E-state index is 11.3. The minimum atomic E-state index is -1.24. The van der Waals surface area contributed by atoms with Crippen LogP contribution >= 0.6 is 15.9 Å². The molecular weight excluding hydrogens is 360 g/mol. The lowest BCUT2D eigenvalue weighted by atomic mass is 9.92. The van der Waals surface area contributed by atoms with E-state index in [1.54, 1.807) is 19.9 Å². The molecule has 1 aliphatic heterocycles. The third-order valence-electron chi connectivity index (χ3n) is 4.19. The molecule has 0 aromatic heterocycles. The number of aliphatic hydroxyl groups is 1. The van der Waals surface area contributed by atoms with Gasteiger partial charge in [-0.3, -0.25) is 4.79 Å². The molecule has 0 aromatic rings. The number of hydrogen-bond donors (Lipinski definition) is 1. The largest absolute Gasteiger partial charge is 0.455 e. The summed E-state index contributed by atoms with van der Waals surface area (Å²) in [6, 6.07) is 0. The molecule has 6 atom stereocenters. The summed E-state index contributed by atoms with van der Waals surface area (Å²) < 4.78 is 28.5. The fourth-order valence-corrected chi connectivity index (χ4v) is 3.15. The normalized spacial score (nSPS) is 45.0. The minimum absolute atomic E-state index is 0.459. The first-order chi connectivity index (χ1) is 10.2. The molecule has 0 radical (unpaired) electrons. The zero-order valence-corrected chi connectivity index (χ0v) is 14.7. The summed E-state index contributed by atoms with van der Waals surface area (Å²) in [4.78, 5) is 11.3. The lowest BCUT2D eigenvalue weighted by Gasteiger charge is -2.54. The Morgan fingerprint density at radius 1 is 1.23 bits per heavy atom. The molecule has 1 heterocycles. The molecule has 7 nitrogen and oxygen atoms in total. The predicted molar refractivity (Wildman–Crippen MR) is 79.1 cm³/mol. The van der Waals surface area contributed by atoms with Crippen molar-refractivity contribution in [2.24, 2.45) is 0 Å². The van der Waals surface area contributed by atoms with Gasteiger partial charge in [0.25, 0.3) is 0 Å². The zero-order chi connectivity index (χ0) is 16.7. The number of aliphatic hydroxyl groups excluding tert-OH is 1. The molecular formula is C14H21BrO7. The summed E-state index contributed by atoms with van der Waals surface area (Å²) in [5.74, 6) is -2.94. The fraction of sp³-hybridized carbons (Fsp3) is 0.786. The Morgan fingerprint density at radius 2 is 1.73 bits per heavy atom. The number of rotatable bonds is 3. The van der Waals surface area contributed by atoms with E-state index < -0.39 is 42.0 Å². The lowest BCUT2D eigenvalue weighted by molar-refractivity contribution is -0.458. The second-order valence-corrected chi connectivity index (χ2v) is 6.45. The van der Waals surface area contributed by atoms with E-state index in [0.29, 0.717) is 4.48 Å². The van der Waals surface area contributed by atoms with Gasteiger partial charge in [0.1, 0.15) is 24.4 Å². The molecule has 1 aliphatic carbocycles. The quantitative estimate of drug-likeness (QED) is 0.733. The predicted octanol–water partition coefficient (Wildman–Crippen LogP) is 1.08. The van der Waals surface area contributed by atoms with Crippen LogP contribution < -0.4 is 0 Å². The summed E-state index contributed by atoms with van der Waals surface area (Å²) in [6.07, 6.45) is -1.60. The van der Waals surface area contributed by atoms with Crippen LogP contribution in [0.25, 0.3) is 0 Å². The van der Waals surface area contributed by atoms with Crippen molar-refractivity contribution in [1.82, 2.24) is 0 Å². The van der Waals surface area contributed by atoms with E-state index in [1.165, 1.54) is 21.1 Å². The first-order valence-corrected chi connectivity index (χ1v) is 7.65. The van der Waals surface area contributed by atoms with Gasteiger partial charge in [-0.15, -0.1) is 0 Å². The Bertz CT molecular complexity index is 482. The van der Waals surface area contributed by atoms with Gasteiger partial charge < -0.3 is 28.8 Å². The van der Waals surface area contributed by atoms with Gasteiger partial charge >= 0.3 is 5.97 Å². The van der Waals surface area contributed by atoms with Crippen molar-refractivity contribution in [3.63, 3.8) is 0 Å². The Balaban J connectivity index is 2.39. The molecule has 126 valence electrons. The standard InChI is InChI=1S/C14H21BrO7/c1-7(16)20-9-6-8(15)10(17)12-11(9)21-13(2,18-4)14(3,19-5)22-12/h6,9-12,17H,1-5H3/t9-,10+,11+,12+,13-,14-/m1/s1. The minimum Gasteiger partial charge on any atom is -0.455 e. The highest BCUT2D eigenvalue weighted by atomic mass is 79.9. The first kappa shape index (κ1) is 17.8. The number of fused-ring (bicyclic) bond motifs is 1.